The molecule has 2 amide bonds. The van der Waals surface area contributed by atoms with Gasteiger partial charge in [-0.15, -0.1) is 10.2 Å². The fourth-order valence-electron chi connectivity index (χ4n) is 7.37. The van der Waals surface area contributed by atoms with Crippen molar-refractivity contribution in [1.29, 1.82) is 0 Å². The molecule has 4 aliphatic carbocycles. The topological polar surface area (TPSA) is 80.1 Å². The summed E-state index contributed by atoms with van der Waals surface area (Å²) in [7, 11) is 0. The molecule has 1 aromatic rings. The van der Waals surface area contributed by atoms with Gasteiger partial charge in [0.1, 0.15) is 12.2 Å². The van der Waals surface area contributed by atoms with Crippen molar-refractivity contribution in [1.82, 2.24) is 25.0 Å². The van der Waals surface area contributed by atoms with Gasteiger partial charge in [0.15, 0.2) is 0 Å². The normalized spacial score (nSPS) is 34.4. The van der Waals surface area contributed by atoms with Crippen LogP contribution in [0, 0.1) is 23.2 Å². The highest BCUT2D eigenvalue weighted by atomic mass is 16.2. The molecule has 6 rings (SSSR count). The van der Waals surface area contributed by atoms with Crippen molar-refractivity contribution in [2.75, 3.05) is 19.6 Å². The van der Waals surface area contributed by atoms with Gasteiger partial charge in [-0.25, -0.2) is 0 Å². The second-order valence-electron chi connectivity index (χ2n) is 11.1. The third kappa shape index (κ3) is 4.00. The number of amides is 2. The number of nitrogens with one attached hydrogen (secondary N) is 1. The molecule has 4 bridgehead atoms. The van der Waals surface area contributed by atoms with Crippen molar-refractivity contribution in [2.45, 2.75) is 83.6 Å². The average Bonchev–Trinajstić information content (AvgIpc) is 3.23. The van der Waals surface area contributed by atoms with Gasteiger partial charge in [-0.3, -0.25) is 9.59 Å². The van der Waals surface area contributed by atoms with E-state index in [0.29, 0.717) is 25.6 Å². The fourth-order valence-corrected chi connectivity index (χ4v) is 7.37. The van der Waals surface area contributed by atoms with Crippen LogP contribution in [-0.2, 0) is 9.59 Å². The molecule has 170 valence electrons. The van der Waals surface area contributed by atoms with Crippen molar-refractivity contribution in [2.24, 2.45) is 23.2 Å². The number of hydrogen-bond donors (Lipinski definition) is 1. The Kier molecular flexibility index (Phi) is 5.55. The van der Waals surface area contributed by atoms with Crippen LogP contribution in [0.1, 0.15) is 89.4 Å². The first kappa shape index (κ1) is 21.0. The number of rotatable bonds is 6. The minimum Gasteiger partial charge on any atom is -0.355 e. The summed E-state index contributed by atoms with van der Waals surface area (Å²) < 4.78 is 2.12. The zero-order valence-electron chi connectivity index (χ0n) is 19.1. The largest absolute Gasteiger partial charge is 0.355 e. The smallest absolute Gasteiger partial charge is 0.226 e. The molecule has 1 aliphatic heterocycles. The Morgan fingerprint density at radius 1 is 1.16 bits per heavy atom. The second kappa shape index (κ2) is 8.21. The van der Waals surface area contributed by atoms with Crippen LogP contribution >= 0.6 is 0 Å². The summed E-state index contributed by atoms with van der Waals surface area (Å²) in [5, 5.41) is 11.6. The SMILES string of the molecule is CC(C)n1cnnc1C1CCCN(C(=O)CCNC(=O)C23CC4CC(CC(C4)C2)C3)C1. The lowest BCUT2D eigenvalue weighted by Gasteiger charge is -2.55. The summed E-state index contributed by atoms with van der Waals surface area (Å²) in [6.07, 6.45) is 11.4. The Balaban J connectivity index is 1.13. The van der Waals surface area contributed by atoms with Crippen molar-refractivity contribution < 1.29 is 9.59 Å². The predicted molar refractivity (Wildman–Crippen MR) is 117 cm³/mol. The van der Waals surface area contributed by atoms with Crippen LogP contribution in [-0.4, -0.2) is 51.1 Å². The molecule has 5 aliphatic rings. The van der Waals surface area contributed by atoms with Gasteiger partial charge in [0.05, 0.1) is 0 Å². The molecule has 5 fully saturated rings. The minimum absolute atomic E-state index is 0.130. The maximum Gasteiger partial charge on any atom is 0.226 e. The van der Waals surface area contributed by atoms with E-state index in [1.165, 1.54) is 19.3 Å². The van der Waals surface area contributed by atoms with Gasteiger partial charge in [0.2, 0.25) is 11.8 Å². The number of hydrogen-bond acceptors (Lipinski definition) is 4. The molecule has 1 saturated heterocycles. The van der Waals surface area contributed by atoms with Crippen molar-refractivity contribution in [3.63, 3.8) is 0 Å². The Morgan fingerprint density at radius 2 is 1.84 bits per heavy atom. The number of carbonyl (C=O) groups excluding carboxylic acids is 2. The fraction of sp³-hybridized carbons (Fsp3) is 0.833. The van der Waals surface area contributed by atoms with E-state index in [9.17, 15) is 9.59 Å². The zero-order valence-corrected chi connectivity index (χ0v) is 19.1. The Hall–Kier alpha value is -1.92. The first-order valence-electron chi connectivity index (χ1n) is 12.4. The molecule has 1 N–H and O–H groups in total. The Morgan fingerprint density at radius 3 is 2.48 bits per heavy atom. The summed E-state index contributed by atoms with van der Waals surface area (Å²) in [4.78, 5) is 28.0. The van der Waals surface area contributed by atoms with Gasteiger partial charge in [-0.05, 0) is 83.0 Å². The van der Waals surface area contributed by atoms with E-state index in [-0.39, 0.29) is 23.1 Å². The van der Waals surface area contributed by atoms with Crippen LogP contribution in [0.4, 0.5) is 0 Å². The van der Waals surface area contributed by atoms with Gasteiger partial charge in [0.25, 0.3) is 0 Å². The summed E-state index contributed by atoms with van der Waals surface area (Å²) in [6.45, 7) is 6.22. The maximum atomic E-state index is 13.1. The van der Waals surface area contributed by atoms with Crippen LogP contribution in [0.2, 0.25) is 0 Å². The van der Waals surface area contributed by atoms with Crippen molar-refractivity contribution >= 4 is 11.8 Å². The third-order valence-electron chi connectivity index (χ3n) is 8.44. The van der Waals surface area contributed by atoms with Crippen LogP contribution < -0.4 is 5.32 Å². The van der Waals surface area contributed by atoms with E-state index in [1.807, 2.05) is 4.90 Å². The molecule has 31 heavy (non-hydrogen) atoms. The summed E-state index contributed by atoms with van der Waals surface area (Å²) in [5.41, 5.74) is -0.130. The molecule has 7 heteroatoms. The Labute approximate surface area is 185 Å². The van der Waals surface area contributed by atoms with Gasteiger partial charge >= 0.3 is 0 Å². The van der Waals surface area contributed by atoms with Gasteiger partial charge < -0.3 is 14.8 Å². The molecule has 2 heterocycles. The number of likely N-dealkylation sites (tertiary alicyclic amines) is 1. The first-order valence-corrected chi connectivity index (χ1v) is 12.4. The minimum atomic E-state index is -0.130. The first-order chi connectivity index (χ1) is 14.9. The highest BCUT2D eigenvalue weighted by Gasteiger charge is 2.54. The van der Waals surface area contributed by atoms with Crippen LogP contribution in [0.3, 0.4) is 0 Å². The molecule has 0 radical (unpaired) electrons. The number of carbonyl (C=O) groups is 2. The number of aromatic nitrogens is 3. The van der Waals surface area contributed by atoms with Crippen molar-refractivity contribution in [3.05, 3.63) is 12.2 Å². The molecule has 0 spiro atoms. The molecular formula is C24H37N5O2. The predicted octanol–water partition coefficient (Wildman–Crippen LogP) is 3.29. The summed E-state index contributed by atoms with van der Waals surface area (Å²) in [6, 6.07) is 0.316. The molecule has 0 aromatic carbocycles. The lowest BCUT2D eigenvalue weighted by atomic mass is 9.49. The zero-order chi connectivity index (χ0) is 21.6. The van der Waals surface area contributed by atoms with E-state index in [1.54, 1.807) is 6.33 Å². The van der Waals surface area contributed by atoms with Gasteiger partial charge in [-0.2, -0.15) is 0 Å². The van der Waals surface area contributed by atoms with E-state index >= 15 is 0 Å². The summed E-state index contributed by atoms with van der Waals surface area (Å²) >= 11 is 0. The standard InChI is InChI=1S/C24H37N5O2/c1-16(2)29-15-26-27-22(29)20-4-3-7-28(14-20)21(30)5-6-25-23(31)24-11-17-8-18(12-24)10-19(9-17)13-24/h15-20H,3-14H2,1-2H3,(H,25,31). The lowest BCUT2D eigenvalue weighted by Crippen LogP contribution is -2.54. The van der Waals surface area contributed by atoms with E-state index < -0.39 is 0 Å². The molecule has 4 saturated carbocycles. The number of piperidine rings is 1. The molecule has 1 unspecified atom stereocenters. The van der Waals surface area contributed by atoms with E-state index in [0.717, 1.165) is 62.2 Å². The maximum absolute atomic E-state index is 13.1. The number of nitrogens with zero attached hydrogens (tertiary/aromatic N) is 4. The van der Waals surface area contributed by atoms with Crippen molar-refractivity contribution in [3.8, 4) is 0 Å². The highest BCUT2D eigenvalue weighted by molar-refractivity contribution is 5.84. The van der Waals surface area contributed by atoms with Crippen LogP contribution in [0.5, 0.6) is 0 Å². The highest BCUT2D eigenvalue weighted by Crippen LogP contribution is 2.60. The molecule has 1 atom stereocenters. The lowest BCUT2D eigenvalue weighted by molar-refractivity contribution is -0.146. The quantitative estimate of drug-likeness (QED) is 0.755. The van der Waals surface area contributed by atoms with Gasteiger partial charge in [0, 0.05) is 43.4 Å². The van der Waals surface area contributed by atoms with Crippen LogP contribution in [0.25, 0.3) is 0 Å². The Bertz CT molecular complexity index is 796. The second-order valence-corrected chi connectivity index (χ2v) is 11.1. The van der Waals surface area contributed by atoms with Crippen LogP contribution in [0.15, 0.2) is 6.33 Å². The molecule has 7 nitrogen and oxygen atoms in total. The van der Waals surface area contributed by atoms with E-state index in [4.69, 9.17) is 0 Å². The molecular weight excluding hydrogens is 390 g/mol. The third-order valence-corrected chi connectivity index (χ3v) is 8.44. The average molecular weight is 428 g/mol. The monoisotopic (exact) mass is 427 g/mol. The molecule has 1 aromatic heterocycles. The van der Waals surface area contributed by atoms with Gasteiger partial charge in [-0.1, -0.05) is 0 Å². The summed E-state index contributed by atoms with van der Waals surface area (Å²) in [5.74, 6) is 3.88. The van der Waals surface area contributed by atoms with E-state index in [2.05, 4.69) is 33.9 Å².